The lowest BCUT2D eigenvalue weighted by molar-refractivity contribution is 0.475. The smallest absolute Gasteiger partial charge is 0.161 e. The molecule has 3 N–H and O–H groups in total. The number of phenols is 1. The molecular weight excluding hydrogens is 352 g/mol. The van der Waals surface area contributed by atoms with Crippen LogP contribution in [0.1, 0.15) is 37.2 Å². The molecule has 1 unspecified atom stereocenters. The average molecular weight is 376 g/mol. The van der Waals surface area contributed by atoms with Crippen LogP contribution in [0.4, 0.5) is 0 Å². The third kappa shape index (κ3) is 3.69. The van der Waals surface area contributed by atoms with Crippen molar-refractivity contribution in [2.75, 3.05) is 6.54 Å². The van der Waals surface area contributed by atoms with Gasteiger partial charge >= 0.3 is 0 Å². The van der Waals surface area contributed by atoms with Gasteiger partial charge in [0.25, 0.3) is 0 Å². The quantitative estimate of drug-likeness (QED) is 0.605. The maximum atomic E-state index is 9.42. The van der Waals surface area contributed by atoms with Crippen LogP contribution in [0.3, 0.4) is 0 Å². The number of hydrogen-bond donors (Lipinski definition) is 3. The van der Waals surface area contributed by atoms with Gasteiger partial charge in [-0.25, -0.2) is 9.98 Å². The molecule has 0 amide bonds. The molecule has 1 aliphatic heterocycles. The van der Waals surface area contributed by atoms with E-state index in [1.165, 1.54) is 0 Å². The first-order chi connectivity index (χ1) is 13.6. The zero-order chi connectivity index (χ0) is 19.5. The second-order valence-corrected chi connectivity index (χ2v) is 7.10. The lowest BCUT2D eigenvalue weighted by Gasteiger charge is -2.22. The molecule has 3 aromatic rings. The Labute approximate surface area is 163 Å². The van der Waals surface area contributed by atoms with Crippen LogP contribution in [-0.4, -0.2) is 26.2 Å². The maximum Gasteiger partial charge on any atom is 0.161 e. The highest BCUT2D eigenvalue weighted by molar-refractivity contribution is 5.40. The lowest BCUT2D eigenvalue weighted by Crippen LogP contribution is -2.47. The Balaban J connectivity index is 1.61. The van der Waals surface area contributed by atoms with Gasteiger partial charge < -0.3 is 20.3 Å². The molecule has 0 radical (unpaired) electrons. The molecule has 144 valence electrons. The number of benzene rings is 1. The minimum Gasteiger partial charge on any atom is -0.508 e. The van der Waals surface area contributed by atoms with Crippen molar-refractivity contribution in [1.29, 1.82) is 0 Å². The van der Waals surface area contributed by atoms with Crippen LogP contribution in [0.15, 0.2) is 60.1 Å². The van der Waals surface area contributed by atoms with Crippen LogP contribution in [-0.2, 0) is 6.42 Å². The first-order valence-corrected chi connectivity index (χ1v) is 9.45. The van der Waals surface area contributed by atoms with Gasteiger partial charge in [0.05, 0.1) is 6.33 Å². The van der Waals surface area contributed by atoms with Crippen LogP contribution < -0.4 is 21.5 Å². The summed E-state index contributed by atoms with van der Waals surface area (Å²) in [5, 5.41) is 17.2. The molecule has 0 fully saturated rings. The predicted molar refractivity (Wildman–Crippen MR) is 107 cm³/mol. The second-order valence-electron chi connectivity index (χ2n) is 7.10. The van der Waals surface area contributed by atoms with E-state index in [0.717, 1.165) is 40.8 Å². The fourth-order valence-corrected chi connectivity index (χ4v) is 3.22. The highest BCUT2D eigenvalue weighted by Crippen LogP contribution is 2.15. The molecule has 1 aromatic carbocycles. The Morgan fingerprint density at radius 1 is 1.21 bits per heavy atom. The Morgan fingerprint density at radius 2 is 2.04 bits per heavy atom. The number of rotatable bonds is 6. The van der Waals surface area contributed by atoms with Crippen molar-refractivity contribution in [3.05, 3.63) is 77.1 Å². The molecule has 7 nitrogen and oxygen atoms in total. The van der Waals surface area contributed by atoms with E-state index in [1.54, 1.807) is 18.3 Å². The lowest BCUT2D eigenvalue weighted by atomic mass is 10.1. The molecule has 4 rings (SSSR count). The van der Waals surface area contributed by atoms with Gasteiger partial charge in [0.2, 0.25) is 0 Å². The molecular formula is C21H24N6O. The van der Waals surface area contributed by atoms with Gasteiger partial charge in [0.15, 0.2) is 5.49 Å². The summed E-state index contributed by atoms with van der Waals surface area (Å²) in [6, 6.07) is 11.5. The van der Waals surface area contributed by atoms with Crippen LogP contribution in [0.2, 0.25) is 0 Å². The van der Waals surface area contributed by atoms with Crippen molar-refractivity contribution >= 4 is 5.82 Å². The number of aromatic nitrogens is 3. The van der Waals surface area contributed by atoms with Gasteiger partial charge in [0.1, 0.15) is 23.1 Å². The molecule has 0 bridgehead atoms. The van der Waals surface area contributed by atoms with Crippen molar-refractivity contribution in [3.8, 4) is 5.75 Å². The van der Waals surface area contributed by atoms with Gasteiger partial charge in [-0.15, -0.1) is 0 Å². The summed E-state index contributed by atoms with van der Waals surface area (Å²) in [4.78, 5) is 13.7. The van der Waals surface area contributed by atoms with E-state index >= 15 is 0 Å². The second kappa shape index (κ2) is 7.72. The number of pyridine rings is 1. The van der Waals surface area contributed by atoms with Crippen LogP contribution >= 0.6 is 0 Å². The summed E-state index contributed by atoms with van der Waals surface area (Å²) in [7, 11) is 0. The summed E-state index contributed by atoms with van der Waals surface area (Å²) in [6.07, 6.45) is 6.05. The largest absolute Gasteiger partial charge is 0.508 e. The fourth-order valence-electron chi connectivity index (χ4n) is 3.22. The third-order valence-electron chi connectivity index (χ3n) is 4.75. The highest BCUT2D eigenvalue weighted by atomic mass is 16.3. The van der Waals surface area contributed by atoms with Gasteiger partial charge in [-0.05, 0) is 44.0 Å². The zero-order valence-corrected chi connectivity index (χ0v) is 16.0. The molecule has 0 spiro atoms. The summed E-state index contributed by atoms with van der Waals surface area (Å²) < 4.78 is 2.08. The predicted octanol–water partition coefficient (Wildman–Crippen LogP) is 1.38. The fraction of sp³-hybridized carbons (Fsp3) is 0.286. The topological polar surface area (TPSA) is 87.4 Å². The van der Waals surface area contributed by atoms with E-state index in [9.17, 15) is 5.11 Å². The van der Waals surface area contributed by atoms with Gasteiger partial charge in [-0.3, -0.25) is 4.98 Å². The van der Waals surface area contributed by atoms with E-state index in [0.29, 0.717) is 0 Å². The third-order valence-corrected chi connectivity index (χ3v) is 4.75. The monoisotopic (exact) mass is 376 g/mol. The van der Waals surface area contributed by atoms with E-state index < -0.39 is 0 Å². The van der Waals surface area contributed by atoms with Crippen molar-refractivity contribution in [3.63, 3.8) is 0 Å². The Hall–Kier alpha value is -3.35. The number of fused-ring (bicyclic) bond motifs is 1. The van der Waals surface area contributed by atoms with Crippen molar-refractivity contribution in [1.82, 2.24) is 25.2 Å². The number of nitrogens with zero attached hydrogens (tertiary/aromatic N) is 4. The number of hydrogen-bond acceptors (Lipinski definition) is 6. The van der Waals surface area contributed by atoms with Gasteiger partial charge in [-0.1, -0.05) is 18.2 Å². The minimum absolute atomic E-state index is 0.216. The Morgan fingerprint density at radius 3 is 2.75 bits per heavy atom. The number of nitrogens with one attached hydrogen (secondary N) is 2. The molecule has 28 heavy (non-hydrogen) atoms. The normalized spacial score (nSPS) is 15.7. The first kappa shape index (κ1) is 18.0. The maximum absolute atomic E-state index is 9.42. The molecule has 0 aliphatic carbocycles. The molecule has 7 heteroatoms. The summed E-state index contributed by atoms with van der Waals surface area (Å²) >= 11 is 0. The SMILES string of the molecule is CC(C)n1cnc2c1=NC(c1cccnc1)NC=2NCCc1ccc(O)cc1. The van der Waals surface area contributed by atoms with Crippen molar-refractivity contribution in [2.45, 2.75) is 32.5 Å². The van der Waals surface area contributed by atoms with E-state index in [4.69, 9.17) is 4.99 Å². The highest BCUT2D eigenvalue weighted by Gasteiger charge is 2.19. The minimum atomic E-state index is -0.216. The van der Waals surface area contributed by atoms with E-state index in [2.05, 4.69) is 39.0 Å². The average Bonchev–Trinajstić information content (AvgIpc) is 3.14. The molecule has 0 saturated heterocycles. The Bertz CT molecular complexity index is 1060. The molecule has 2 aromatic heterocycles. The van der Waals surface area contributed by atoms with Gasteiger partial charge in [-0.2, -0.15) is 0 Å². The summed E-state index contributed by atoms with van der Waals surface area (Å²) in [5.74, 6) is 1.15. The van der Waals surface area contributed by atoms with Crippen LogP contribution in [0, 0.1) is 0 Å². The molecule has 0 saturated carbocycles. The summed E-state index contributed by atoms with van der Waals surface area (Å²) in [6.45, 7) is 4.98. The van der Waals surface area contributed by atoms with E-state index in [-0.39, 0.29) is 18.0 Å². The first-order valence-electron chi connectivity index (χ1n) is 9.45. The number of phenolic OH excluding ortho intramolecular Hbond substituents is 1. The Kier molecular flexibility index (Phi) is 4.97. The number of imidazole rings is 1. The van der Waals surface area contributed by atoms with E-state index in [1.807, 2.05) is 36.8 Å². The molecule has 1 atom stereocenters. The van der Waals surface area contributed by atoms with Crippen LogP contribution in [0.5, 0.6) is 5.75 Å². The molecule has 1 aliphatic rings. The van der Waals surface area contributed by atoms with Crippen molar-refractivity contribution in [2.24, 2.45) is 4.99 Å². The summed E-state index contributed by atoms with van der Waals surface area (Å²) in [5.41, 5.74) is 3.03. The molecule has 3 heterocycles. The van der Waals surface area contributed by atoms with Crippen LogP contribution in [0.25, 0.3) is 5.82 Å². The standard InChI is InChI=1S/C21H24N6O/c1-14(2)27-13-24-18-20(23-11-9-15-5-7-17(28)8-6-15)25-19(26-21(18)27)16-4-3-10-22-12-16/h3-8,10,12-14,19,23,25,28H,9,11H2,1-2H3. The zero-order valence-electron chi connectivity index (χ0n) is 16.0. The number of aromatic hydroxyl groups is 1. The van der Waals surface area contributed by atoms with Gasteiger partial charge in [0, 0.05) is 30.5 Å². The van der Waals surface area contributed by atoms with Crippen molar-refractivity contribution < 1.29 is 5.11 Å².